The molecule has 0 bridgehead atoms. The van der Waals surface area contributed by atoms with Crippen LogP contribution in [0.4, 0.5) is 5.69 Å². The predicted molar refractivity (Wildman–Crippen MR) is 112 cm³/mol. The minimum absolute atomic E-state index is 0.118. The van der Waals surface area contributed by atoms with Gasteiger partial charge in [0, 0.05) is 26.5 Å². The number of aryl methyl sites for hydroxylation is 1. The number of carbonyl (C=O) groups excluding carboxylic acids is 1. The van der Waals surface area contributed by atoms with E-state index in [1.807, 2.05) is 35.9 Å². The lowest BCUT2D eigenvalue weighted by Crippen LogP contribution is -2.27. The van der Waals surface area contributed by atoms with Gasteiger partial charge in [0.05, 0.1) is 11.7 Å². The number of rotatable bonds is 4. The van der Waals surface area contributed by atoms with E-state index in [0.717, 1.165) is 16.0 Å². The van der Waals surface area contributed by atoms with E-state index >= 15 is 0 Å². The molecule has 0 saturated heterocycles. The molecule has 0 unspecified atom stereocenters. The lowest BCUT2D eigenvalue weighted by molar-refractivity contribution is -0.116. The number of amides is 1. The van der Waals surface area contributed by atoms with Gasteiger partial charge in [0.1, 0.15) is 11.4 Å². The number of hydrogen-bond acceptors (Lipinski definition) is 5. The van der Waals surface area contributed by atoms with E-state index in [1.54, 1.807) is 23.5 Å². The summed E-state index contributed by atoms with van der Waals surface area (Å²) < 4.78 is 1.33. The Labute approximate surface area is 167 Å². The average Bonchev–Trinajstić information content (AvgIpc) is 3.30. The molecular formula is C19H14ClN3O2S2. The summed E-state index contributed by atoms with van der Waals surface area (Å²) >= 11 is 9.08. The van der Waals surface area contributed by atoms with E-state index in [-0.39, 0.29) is 18.0 Å². The van der Waals surface area contributed by atoms with E-state index in [2.05, 4.69) is 10.3 Å². The number of hydrogen-bond donors (Lipinski definition) is 1. The Morgan fingerprint density at radius 3 is 2.89 bits per heavy atom. The van der Waals surface area contributed by atoms with Gasteiger partial charge in [0.15, 0.2) is 0 Å². The molecule has 0 atom stereocenters. The summed E-state index contributed by atoms with van der Waals surface area (Å²) in [6, 6.07) is 9.20. The van der Waals surface area contributed by atoms with Crippen molar-refractivity contribution >= 4 is 56.1 Å². The maximum absolute atomic E-state index is 12.9. The van der Waals surface area contributed by atoms with Crippen LogP contribution in [0, 0.1) is 6.92 Å². The Balaban J connectivity index is 1.63. The highest BCUT2D eigenvalue weighted by molar-refractivity contribution is 7.18. The summed E-state index contributed by atoms with van der Waals surface area (Å²) in [5.41, 5.74) is 2.16. The molecule has 0 aliphatic carbocycles. The second-order valence-corrected chi connectivity index (χ2v) is 8.21. The molecule has 0 saturated carbocycles. The number of nitrogens with one attached hydrogen (secondary N) is 1. The first-order valence-electron chi connectivity index (χ1n) is 8.09. The maximum atomic E-state index is 12.9. The molecule has 3 aromatic heterocycles. The molecule has 1 amide bonds. The number of benzene rings is 1. The smallest absolute Gasteiger partial charge is 0.263 e. The molecule has 0 spiro atoms. The van der Waals surface area contributed by atoms with Crippen molar-refractivity contribution in [2.45, 2.75) is 13.5 Å². The summed E-state index contributed by atoms with van der Waals surface area (Å²) in [6.07, 6.45) is 1.42. The molecule has 3 heterocycles. The summed E-state index contributed by atoms with van der Waals surface area (Å²) in [4.78, 5) is 31.3. The van der Waals surface area contributed by atoms with Gasteiger partial charge >= 0.3 is 0 Å². The van der Waals surface area contributed by atoms with Gasteiger partial charge in [0.2, 0.25) is 5.91 Å². The van der Waals surface area contributed by atoms with Gasteiger partial charge in [0.25, 0.3) is 5.56 Å². The standard InChI is InChI=1S/C19H14ClN3O2S2/c1-11-4-5-12(7-14(11)20)22-16(24)8-23-10-21-18-17(19(23)25)13(9-27-18)15-3-2-6-26-15/h2-7,9-10H,8H2,1H3,(H,22,24). The van der Waals surface area contributed by atoms with Crippen molar-refractivity contribution in [3.8, 4) is 10.4 Å². The molecule has 0 aliphatic rings. The molecular weight excluding hydrogens is 402 g/mol. The summed E-state index contributed by atoms with van der Waals surface area (Å²) in [5, 5.41) is 7.79. The molecule has 136 valence electrons. The molecule has 27 heavy (non-hydrogen) atoms. The largest absolute Gasteiger partial charge is 0.324 e. The van der Waals surface area contributed by atoms with Crippen LogP contribution in [-0.4, -0.2) is 15.5 Å². The molecule has 1 N–H and O–H groups in total. The lowest BCUT2D eigenvalue weighted by Gasteiger charge is -2.08. The topological polar surface area (TPSA) is 64.0 Å². The minimum atomic E-state index is -0.314. The van der Waals surface area contributed by atoms with Crippen molar-refractivity contribution in [1.29, 1.82) is 0 Å². The van der Waals surface area contributed by atoms with E-state index in [0.29, 0.717) is 20.9 Å². The zero-order valence-electron chi connectivity index (χ0n) is 14.2. The molecule has 1 aromatic carbocycles. The normalized spacial score (nSPS) is 11.0. The first-order chi connectivity index (χ1) is 13.0. The highest BCUT2D eigenvalue weighted by Gasteiger charge is 2.15. The van der Waals surface area contributed by atoms with Gasteiger partial charge in [-0.05, 0) is 36.1 Å². The van der Waals surface area contributed by atoms with Gasteiger partial charge in [-0.2, -0.15) is 0 Å². The number of carbonyl (C=O) groups is 1. The number of halogens is 1. The summed E-state index contributed by atoms with van der Waals surface area (Å²) in [6.45, 7) is 1.77. The average molecular weight is 416 g/mol. The van der Waals surface area contributed by atoms with Crippen molar-refractivity contribution in [1.82, 2.24) is 9.55 Å². The fourth-order valence-corrected chi connectivity index (χ4v) is 4.62. The summed E-state index contributed by atoms with van der Waals surface area (Å²) in [5.74, 6) is -0.314. The van der Waals surface area contributed by atoms with Crippen LogP contribution in [-0.2, 0) is 11.3 Å². The van der Waals surface area contributed by atoms with Crippen LogP contribution in [0.25, 0.3) is 20.7 Å². The highest BCUT2D eigenvalue weighted by Crippen LogP contribution is 2.33. The number of fused-ring (bicyclic) bond motifs is 1. The summed E-state index contributed by atoms with van der Waals surface area (Å²) in [7, 11) is 0. The Hall–Kier alpha value is -2.48. The Kier molecular flexibility index (Phi) is 4.82. The van der Waals surface area contributed by atoms with E-state index in [1.165, 1.54) is 22.2 Å². The van der Waals surface area contributed by atoms with Crippen LogP contribution in [0.3, 0.4) is 0 Å². The molecule has 8 heteroatoms. The Morgan fingerprint density at radius 1 is 1.30 bits per heavy atom. The van der Waals surface area contributed by atoms with Crippen molar-refractivity contribution in [3.05, 3.63) is 68.4 Å². The van der Waals surface area contributed by atoms with Crippen LogP contribution in [0.2, 0.25) is 5.02 Å². The number of aromatic nitrogens is 2. The molecule has 5 nitrogen and oxygen atoms in total. The monoisotopic (exact) mass is 415 g/mol. The number of anilines is 1. The van der Waals surface area contributed by atoms with E-state index in [4.69, 9.17) is 11.6 Å². The zero-order chi connectivity index (χ0) is 19.0. The molecule has 4 rings (SSSR count). The van der Waals surface area contributed by atoms with E-state index < -0.39 is 0 Å². The number of thiophene rings is 2. The Morgan fingerprint density at radius 2 is 2.15 bits per heavy atom. The second-order valence-electron chi connectivity index (χ2n) is 6.00. The lowest BCUT2D eigenvalue weighted by atomic mass is 10.2. The quantitative estimate of drug-likeness (QED) is 0.521. The van der Waals surface area contributed by atoms with Crippen molar-refractivity contribution in [2.24, 2.45) is 0 Å². The predicted octanol–water partition coefficient (Wildman–Crippen LogP) is 4.79. The SMILES string of the molecule is Cc1ccc(NC(=O)Cn2cnc3scc(-c4cccs4)c3c2=O)cc1Cl. The van der Waals surface area contributed by atoms with Crippen LogP contribution >= 0.6 is 34.3 Å². The third kappa shape index (κ3) is 3.53. The molecule has 0 aliphatic heterocycles. The van der Waals surface area contributed by atoms with Gasteiger partial charge < -0.3 is 5.32 Å². The fraction of sp³-hybridized carbons (Fsp3) is 0.105. The van der Waals surface area contributed by atoms with Gasteiger partial charge in [-0.25, -0.2) is 4.98 Å². The van der Waals surface area contributed by atoms with Gasteiger partial charge in [-0.15, -0.1) is 22.7 Å². The number of nitrogens with zero attached hydrogens (tertiary/aromatic N) is 2. The third-order valence-corrected chi connectivity index (χ3v) is 6.31. The van der Waals surface area contributed by atoms with E-state index in [9.17, 15) is 9.59 Å². The van der Waals surface area contributed by atoms with Crippen molar-refractivity contribution < 1.29 is 4.79 Å². The van der Waals surface area contributed by atoms with Crippen LogP contribution < -0.4 is 10.9 Å². The van der Waals surface area contributed by atoms with Crippen molar-refractivity contribution in [2.75, 3.05) is 5.32 Å². The first kappa shape index (κ1) is 17.9. The Bertz CT molecular complexity index is 1200. The van der Waals surface area contributed by atoms with Crippen LogP contribution in [0.1, 0.15) is 5.56 Å². The zero-order valence-corrected chi connectivity index (χ0v) is 16.6. The van der Waals surface area contributed by atoms with Crippen molar-refractivity contribution in [3.63, 3.8) is 0 Å². The maximum Gasteiger partial charge on any atom is 0.263 e. The molecule has 4 aromatic rings. The highest BCUT2D eigenvalue weighted by atomic mass is 35.5. The van der Waals surface area contributed by atoms with Gasteiger partial charge in [-0.3, -0.25) is 14.2 Å². The second kappa shape index (κ2) is 7.26. The van der Waals surface area contributed by atoms with Crippen LogP contribution in [0.5, 0.6) is 0 Å². The first-order valence-corrected chi connectivity index (χ1v) is 10.2. The van der Waals surface area contributed by atoms with Gasteiger partial charge in [-0.1, -0.05) is 23.7 Å². The third-order valence-electron chi connectivity index (χ3n) is 4.12. The molecule has 0 radical (unpaired) electrons. The molecule has 0 fully saturated rings. The fourth-order valence-electron chi connectivity index (χ4n) is 2.72. The van der Waals surface area contributed by atoms with Crippen LogP contribution in [0.15, 0.2) is 52.2 Å². The minimum Gasteiger partial charge on any atom is -0.324 e.